The fourth-order valence-electron chi connectivity index (χ4n) is 8.56. The highest BCUT2D eigenvalue weighted by atomic mass is 15.0. The highest BCUT2D eigenvalue weighted by molar-refractivity contribution is 6.11. The number of aromatic nitrogens is 2. The standard InChI is InChI=1S/C52H40N2/c1-33-15-22-48-43(27-33)44-28-34(2)16-23-49(44)53(48)40-20-21-41(42(32-40)38-13-9-6-10-14-38)47-31-39(37-11-7-5-8-12-37)19-26-52(47)54-50-24-17-35(3)29-45(50)46-30-36(4)18-25-51(46)54/h5-32H,1-4H3. The van der Waals surface area contributed by atoms with Crippen molar-refractivity contribution in [1.82, 2.24) is 9.13 Å². The van der Waals surface area contributed by atoms with E-state index in [9.17, 15) is 0 Å². The molecule has 0 amide bonds. The summed E-state index contributed by atoms with van der Waals surface area (Å²) in [6, 6.07) is 63.1. The molecule has 54 heavy (non-hydrogen) atoms. The van der Waals surface area contributed by atoms with Gasteiger partial charge in [-0.1, -0.05) is 119 Å². The van der Waals surface area contributed by atoms with E-state index < -0.39 is 0 Å². The van der Waals surface area contributed by atoms with Crippen molar-refractivity contribution in [2.75, 3.05) is 0 Å². The van der Waals surface area contributed by atoms with E-state index in [0.29, 0.717) is 0 Å². The highest BCUT2D eigenvalue weighted by Gasteiger charge is 2.21. The Morgan fingerprint density at radius 1 is 0.296 bits per heavy atom. The van der Waals surface area contributed by atoms with Gasteiger partial charge in [0.1, 0.15) is 0 Å². The van der Waals surface area contributed by atoms with E-state index in [4.69, 9.17) is 0 Å². The van der Waals surface area contributed by atoms with Crippen LogP contribution in [0, 0.1) is 27.7 Å². The monoisotopic (exact) mass is 692 g/mol. The first-order valence-electron chi connectivity index (χ1n) is 18.8. The number of hydrogen-bond donors (Lipinski definition) is 0. The Hall–Kier alpha value is -6.64. The SMILES string of the molecule is Cc1ccc2c(c1)c1cc(C)ccc1n2-c1ccc(-c2cc(-c3ccccc3)ccc2-n2c3ccc(C)cc3c3cc(C)ccc32)c(-c2ccccc2)c1. The fraction of sp³-hybridized carbons (Fsp3) is 0.0769. The Labute approximate surface area is 316 Å². The van der Waals surface area contributed by atoms with E-state index in [1.54, 1.807) is 0 Å². The first-order valence-corrected chi connectivity index (χ1v) is 18.8. The summed E-state index contributed by atoms with van der Waals surface area (Å²) in [6.07, 6.45) is 0. The lowest BCUT2D eigenvalue weighted by molar-refractivity contribution is 1.17. The Morgan fingerprint density at radius 2 is 0.759 bits per heavy atom. The Morgan fingerprint density at radius 3 is 1.26 bits per heavy atom. The molecule has 0 aliphatic carbocycles. The smallest absolute Gasteiger partial charge is 0.0541 e. The molecule has 10 rings (SSSR count). The molecule has 2 aromatic heterocycles. The Balaban J connectivity index is 1.29. The number of benzene rings is 8. The molecule has 10 aromatic rings. The molecule has 0 unspecified atom stereocenters. The van der Waals surface area contributed by atoms with E-state index in [1.807, 2.05) is 0 Å². The van der Waals surface area contributed by atoms with Crippen LogP contribution in [0.1, 0.15) is 22.3 Å². The molecule has 0 atom stereocenters. The second kappa shape index (κ2) is 12.5. The first kappa shape index (κ1) is 32.0. The summed E-state index contributed by atoms with van der Waals surface area (Å²) in [7, 11) is 0. The number of rotatable bonds is 5. The normalized spacial score (nSPS) is 11.7. The van der Waals surface area contributed by atoms with Crippen LogP contribution >= 0.6 is 0 Å². The molecule has 0 aliphatic heterocycles. The molecule has 8 aromatic carbocycles. The van der Waals surface area contributed by atoms with Crippen LogP contribution in [0.4, 0.5) is 0 Å². The van der Waals surface area contributed by atoms with Crippen LogP contribution in [0.25, 0.3) is 88.4 Å². The third-order valence-corrected chi connectivity index (χ3v) is 11.1. The molecular formula is C52H40N2. The van der Waals surface area contributed by atoms with Gasteiger partial charge < -0.3 is 9.13 Å². The second-order valence-corrected chi connectivity index (χ2v) is 14.9. The van der Waals surface area contributed by atoms with Crippen molar-refractivity contribution in [2.45, 2.75) is 27.7 Å². The van der Waals surface area contributed by atoms with Gasteiger partial charge in [-0.05, 0) is 128 Å². The van der Waals surface area contributed by atoms with Gasteiger partial charge in [0.05, 0.1) is 27.8 Å². The first-order chi connectivity index (χ1) is 26.4. The Bertz CT molecular complexity index is 2950. The molecule has 2 nitrogen and oxygen atoms in total. The zero-order valence-electron chi connectivity index (χ0n) is 31.1. The number of nitrogens with zero attached hydrogens (tertiary/aromatic N) is 2. The van der Waals surface area contributed by atoms with E-state index in [-0.39, 0.29) is 0 Å². The summed E-state index contributed by atoms with van der Waals surface area (Å²) < 4.78 is 4.92. The third-order valence-electron chi connectivity index (χ3n) is 11.1. The van der Waals surface area contributed by atoms with Crippen LogP contribution in [0.3, 0.4) is 0 Å². The summed E-state index contributed by atoms with van der Waals surface area (Å²) in [4.78, 5) is 0. The molecule has 0 bridgehead atoms. The Kier molecular flexibility index (Phi) is 7.42. The molecule has 0 radical (unpaired) electrons. The molecule has 2 heterocycles. The van der Waals surface area contributed by atoms with E-state index in [0.717, 1.165) is 11.4 Å². The van der Waals surface area contributed by atoms with Gasteiger partial charge in [-0.25, -0.2) is 0 Å². The fourth-order valence-corrected chi connectivity index (χ4v) is 8.56. The molecule has 2 heteroatoms. The molecule has 0 N–H and O–H groups in total. The van der Waals surface area contributed by atoms with Crippen LogP contribution in [-0.4, -0.2) is 9.13 Å². The topological polar surface area (TPSA) is 9.86 Å². The maximum Gasteiger partial charge on any atom is 0.0541 e. The van der Waals surface area contributed by atoms with Crippen molar-refractivity contribution in [2.24, 2.45) is 0 Å². The van der Waals surface area contributed by atoms with Crippen LogP contribution in [0.15, 0.2) is 170 Å². The minimum absolute atomic E-state index is 1.15. The summed E-state index contributed by atoms with van der Waals surface area (Å²) in [5.74, 6) is 0. The van der Waals surface area contributed by atoms with E-state index in [1.165, 1.54) is 99.2 Å². The van der Waals surface area contributed by atoms with E-state index in [2.05, 4.69) is 207 Å². The molecule has 0 fully saturated rings. The lowest BCUT2D eigenvalue weighted by Crippen LogP contribution is -2.00. The predicted octanol–water partition coefficient (Wildman–Crippen LogP) is 14.1. The van der Waals surface area contributed by atoms with E-state index >= 15 is 0 Å². The van der Waals surface area contributed by atoms with Crippen LogP contribution in [0.5, 0.6) is 0 Å². The number of hydrogen-bond acceptors (Lipinski definition) is 0. The van der Waals surface area contributed by atoms with Crippen molar-refractivity contribution in [1.29, 1.82) is 0 Å². The summed E-state index contributed by atoms with van der Waals surface area (Å²) >= 11 is 0. The van der Waals surface area contributed by atoms with Gasteiger partial charge >= 0.3 is 0 Å². The van der Waals surface area contributed by atoms with Gasteiger partial charge in [0.25, 0.3) is 0 Å². The van der Waals surface area contributed by atoms with Crippen molar-refractivity contribution in [3.8, 4) is 44.8 Å². The van der Waals surface area contributed by atoms with Gasteiger partial charge in [0, 0.05) is 32.8 Å². The average molecular weight is 693 g/mol. The molecule has 0 aliphatic rings. The summed E-state index contributed by atoms with van der Waals surface area (Å²) in [5.41, 5.74) is 19.4. The minimum Gasteiger partial charge on any atom is -0.309 e. The number of aryl methyl sites for hydroxylation is 4. The van der Waals surface area contributed by atoms with Crippen molar-refractivity contribution in [3.63, 3.8) is 0 Å². The molecule has 0 saturated carbocycles. The van der Waals surface area contributed by atoms with Crippen molar-refractivity contribution < 1.29 is 0 Å². The van der Waals surface area contributed by atoms with Gasteiger partial charge in [-0.2, -0.15) is 0 Å². The van der Waals surface area contributed by atoms with Gasteiger partial charge in [0.2, 0.25) is 0 Å². The van der Waals surface area contributed by atoms with Crippen LogP contribution < -0.4 is 0 Å². The summed E-state index contributed by atoms with van der Waals surface area (Å²) in [6.45, 7) is 8.74. The van der Waals surface area contributed by atoms with Gasteiger partial charge in [0.15, 0.2) is 0 Å². The van der Waals surface area contributed by atoms with Crippen molar-refractivity contribution >= 4 is 43.6 Å². The second-order valence-electron chi connectivity index (χ2n) is 14.9. The molecule has 0 spiro atoms. The lowest BCUT2D eigenvalue weighted by Gasteiger charge is -2.20. The summed E-state index contributed by atoms with van der Waals surface area (Å²) in [5, 5.41) is 5.13. The minimum atomic E-state index is 1.15. The maximum atomic E-state index is 2.48. The maximum absolute atomic E-state index is 2.48. The van der Waals surface area contributed by atoms with Gasteiger partial charge in [-0.15, -0.1) is 0 Å². The van der Waals surface area contributed by atoms with Crippen LogP contribution in [0.2, 0.25) is 0 Å². The largest absolute Gasteiger partial charge is 0.309 e. The lowest BCUT2D eigenvalue weighted by atomic mass is 9.90. The zero-order valence-corrected chi connectivity index (χ0v) is 31.1. The molecule has 0 saturated heterocycles. The predicted molar refractivity (Wildman–Crippen MR) is 230 cm³/mol. The third kappa shape index (κ3) is 5.17. The average Bonchev–Trinajstić information content (AvgIpc) is 3.69. The quantitative estimate of drug-likeness (QED) is 0.170. The zero-order chi connectivity index (χ0) is 36.5. The van der Waals surface area contributed by atoms with Crippen molar-refractivity contribution in [3.05, 3.63) is 192 Å². The molecular weight excluding hydrogens is 653 g/mol. The molecule has 258 valence electrons. The highest BCUT2D eigenvalue weighted by Crippen LogP contribution is 2.43. The van der Waals surface area contributed by atoms with Crippen LogP contribution in [-0.2, 0) is 0 Å². The number of fused-ring (bicyclic) bond motifs is 6. The van der Waals surface area contributed by atoms with Gasteiger partial charge in [-0.3, -0.25) is 0 Å².